The second-order valence-corrected chi connectivity index (χ2v) is 7.44. The van der Waals surface area contributed by atoms with Crippen LogP contribution in [0.15, 0.2) is 36.4 Å². The number of para-hydroxylation sites is 1. The van der Waals surface area contributed by atoms with E-state index < -0.39 is 0 Å². The molecule has 2 aromatic carbocycles. The zero-order chi connectivity index (χ0) is 19.0. The summed E-state index contributed by atoms with van der Waals surface area (Å²) in [5, 5.41) is 3.91. The SMILES string of the molecule is CN1CCN(c2ccc(CNc3nc4c(Cl)cccc4n3C)cc2F)CC1. The molecule has 0 amide bonds. The fourth-order valence-corrected chi connectivity index (χ4v) is 3.70. The van der Waals surface area contributed by atoms with Gasteiger partial charge in [0, 0.05) is 39.8 Å². The highest BCUT2D eigenvalue weighted by Crippen LogP contribution is 2.26. The first kappa shape index (κ1) is 18.1. The number of nitrogens with zero attached hydrogens (tertiary/aromatic N) is 4. The van der Waals surface area contributed by atoms with Crippen LogP contribution in [0.4, 0.5) is 16.0 Å². The number of aryl methyl sites for hydroxylation is 1. The van der Waals surface area contributed by atoms with Crippen LogP contribution in [-0.4, -0.2) is 47.7 Å². The smallest absolute Gasteiger partial charge is 0.203 e. The average molecular weight is 388 g/mol. The van der Waals surface area contributed by atoms with Crippen molar-refractivity contribution < 1.29 is 4.39 Å². The number of benzene rings is 2. The summed E-state index contributed by atoms with van der Waals surface area (Å²) < 4.78 is 16.6. The lowest BCUT2D eigenvalue weighted by Gasteiger charge is -2.34. The molecule has 2 heterocycles. The lowest BCUT2D eigenvalue weighted by atomic mass is 10.1. The molecule has 3 aromatic rings. The predicted molar refractivity (Wildman–Crippen MR) is 109 cm³/mol. The molecule has 7 heteroatoms. The van der Waals surface area contributed by atoms with Gasteiger partial charge in [-0.3, -0.25) is 0 Å². The van der Waals surface area contributed by atoms with Crippen molar-refractivity contribution in [3.8, 4) is 0 Å². The number of likely N-dealkylation sites (N-methyl/N-ethyl adjacent to an activating group) is 1. The van der Waals surface area contributed by atoms with E-state index in [0.29, 0.717) is 23.2 Å². The molecule has 0 radical (unpaired) electrons. The van der Waals surface area contributed by atoms with Crippen LogP contribution >= 0.6 is 11.6 Å². The van der Waals surface area contributed by atoms with E-state index >= 15 is 0 Å². The lowest BCUT2D eigenvalue weighted by molar-refractivity contribution is 0.311. The van der Waals surface area contributed by atoms with Gasteiger partial charge in [0.2, 0.25) is 5.95 Å². The molecule has 0 aliphatic carbocycles. The van der Waals surface area contributed by atoms with E-state index in [4.69, 9.17) is 11.6 Å². The fourth-order valence-electron chi connectivity index (χ4n) is 3.48. The van der Waals surface area contributed by atoms with Crippen LogP contribution in [0.5, 0.6) is 0 Å². The Morgan fingerprint density at radius 1 is 1.11 bits per heavy atom. The number of hydrogen-bond acceptors (Lipinski definition) is 4. The normalized spacial score (nSPS) is 15.5. The number of piperazine rings is 1. The average Bonchev–Trinajstić information content (AvgIpc) is 2.99. The van der Waals surface area contributed by atoms with Gasteiger partial charge in [0.15, 0.2) is 0 Å². The van der Waals surface area contributed by atoms with E-state index in [1.165, 1.54) is 0 Å². The van der Waals surface area contributed by atoms with Crippen molar-refractivity contribution in [2.45, 2.75) is 6.54 Å². The molecular formula is C20H23ClFN5. The van der Waals surface area contributed by atoms with Gasteiger partial charge in [-0.2, -0.15) is 0 Å². The number of imidazole rings is 1. The Bertz CT molecular complexity index is 962. The number of fused-ring (bicyclic) bond motifs is 1. The Morgan fingerprint density at radius 2 is 1.89 bits per heavy atom. The van der Waals surface area contributed by atoms with Crippen molar-refractivity contribution >= 4 is 34.3 Å². The van der Waals surface area contributed by atoms with E-state index in [0.717, 1.165) is 42.8 Å². The molecule has 0 atom stereocenters. The summed E-state index contributed by atoms with van der Waals surface area (Å²) in [6.07, 6.45) is 0. The van der Waals surface area contributed by atoms with Crippen molar-refractivity contribution in [1.82, 2.24) is 14.5 Å². The molecule has 142 valence electrons. The minimum absolute atomic E-state index is 0.174. The van der Waals surface area contributed by atoms with Crippen LogP contribution in [0, 0.1) is 5.82 Å². The zero-order valence-corrected chi connectivity index (χ0v) is 16.3. The van der Waals surface area contributed by atoms with E-state index in [1.807, 2.05) is 41.9 Å². The number of halogens is 2. The number of rotatable bonds is 4. The number of nitrogens with one attached hydrogen (secondary N) is 1. The van der Waals surface area contributed by atoms with E-state index in [-0.39, 0.29) is 5.82 Å². The summed E-state index contributed by atoms with van der Waals surface area (Å²) in [6.45, 7) is 4.11. The Hall–Kier alpha value is -2.31. The van der Waals surface area contributed by atoms with Crippen LogP contribution in [0.3, 0.4) is 0 Å². The van der Waals surface area contributed by atoms with Gasteiger partial charge in [-0.25, -0.2) is 9.37 Å². The molecule has 5 nitrogen and oxygen atoms in total. The molecule has 1 aliphatic rings. The second kappa shape index (κ2) is 7.37. The summed E-state index contributed by atoms with van der Waals surface area (Å²) in [7, 11) is 4.03. The summed E-state index contributed by atoms with van der Waals surface area (Å²) in [6, 6.07) is 11.2. The predicted octanol–water partition coefficient (Wildman–Crippen LogP) is 3.73. The summed E-state index contributed by atoms with van der Waals surface area (Å²) in [5.41, 5.74) is 3.28. The molecule has 27 heavy (non-hydrogen) atoms. The lowest BCUT2D eigenvalue weighted by Crippen LogP contribution is -2.44. The number of hydrogen-bond donors (Lipinski definition) is 1. The summed E-state index contributed by atoms with van der Waals surface area (Å²) in [5.74, 6) is 0.536. The van der Waals surface area contributed by atoms with Gasteiger partial charge in [0.05, 0.1) is 16.2 Å². The van der Waals surface area contributed by atoms with Gasteiger partial charge >= 0.3 is 0 Å². The second-order valence-electron chi connectivity index (χ2n) is 7.03. The summed E-state index contributed by atoms with van der Waals surface area (Å²) >= 11 is 6.22. The third-order valence-electron chi connectivity index (χ3n) is 5.17. The van der Waals surface area contributed by atoms with Crippen molar-refractivity contribution in [2.75, 3.05) is 43.4 Å². The van der Waals surface area contributed by atoms with E-state index in [2.05, 4.69) is 27.1 Å². The maximum Gasteiger partial charge on any atom is 0.203 e. The van der Waals surface area contributed by atoms with Gasteiger partial charge in [0.25, 0.3) is 0 Å². The van der Waals surface area contributed by atoms with Crippen molar-refractivity contribution in [1.29, 1.82) is 0 Å². The topological polar surface area (TPSA) is 36.3 Å². The van der Waals surface area contributed by atoms with Gasteiger partial charge in [-0.05, 0) is 36.9 Å². The number of anilines is 2. The summed E-state index contributed by atoms with van der Waals surface area (Å²) in [4.78, 5) is 8.93. The largest absolute Gasteiger partial charge is 0.367 e. The Balaban J connectivity index is 1.48. The highest BCUT2D eigenvalue weighted by molar-refractivity contribution is 6.35. The molecule has 0 bridgehead atoms. The third kappa shape index (κ3) is 3.59. The Morgan fingerprint density at radius 3 is 2.59 bits per heavy atom. The number of aromatic nitrogens is 2. The molecule has 1 N–H and O–H groups in total. The van der Waals surface area contributed by atoms with Crippen LogP contribution in [0.1, 0.15) is 5.56 Å². The van der Waals surface area contributed by atoms with Crippen molar-refractivity contribution in [3.63, 3.8) is 0 Å². The quantitative estimate of drug-likeness (QED) is 0.740. The minimum atomic E-state index is -0.174. The van der Waals surface area contributed by atoms with Crippen LogP contribution in [-0.2, 0) is 13.6 Å². The highest BCUT2D eigenvalue weighted by atomic mass is 35.5. The van der Waals surface area contributed by atoms with Crippen LogP contribution in [0.2, 0.25) is 5.02 Å². The Kier molecular flexibility index (Phi) is 4.93. The van der Waals surface area contributed by atoms with Crippen molar-refractivity contribution in [3.05, 3.63) is 52.8 Å². The standard InChI is InChI=1S/C20H23ClFN5/c1-25-8-10-27(11-9-25)17-7-6-14(12-16(17)22)13-23-20-24-19-15(21)4-3-5-18(19)26(20)2/h3-7,12H,8-11,13H2,1-2H3,(H,23,24). The molecule has 1 fully saturated rings. The fraction of sp³-hybridized carbons (Fsp3) is 0.350. The van der Waals surface area contributed by atoms with Crippen LogP contribution < -0.4 is 10.2 Å². The maximum absolute atomic E-state index is 14.6. The maximum atomic E-state index is 14.6. The van der Waals surface area contributed by atoms with E-state index in [1.54, 1.807) is 6.07 Å². The molecule has 4 rings (SSSR count). The van der Waals surface area contributed by atoms with Crippen LogP contribution in [0.25, 0.3) is 11.0 Å². The van der Waals surface area contributed by atoms with Gasteiger partial charge < -0.3 is 19.7 Å². The molecule has 1 saturated heterocycles. The van der Waals surface area contributed by atoms with E-state index in [9.17, 15) is 4.39 Å². The zero-order valence-electron chi connectivity index (χ0n) is 15.5. The monoisotopic (exact) mass is 387 g/mol. The van der Waals surface area contributed by atoms with Gasteiger partial charge in [-0.15, -0.1) is 0 Å². The molecule has 1 aromatic heterocycles. The molecule has 1 aliphatic heterocycles. The first-order chi connectivity index (χ1) is 13.0. The minimum Gasteiger partial charge on any atom is -0.367 e. The highest BCUT2D eigenvalue weighted by Gasteiger charge is 2.17. The molecular weight excluding hydrogens is 365 g/mol. The van der Waals surface area contributed by atoms with Gasteiger partial charge in [0.1, 0.15) is 11.3 Å². The molecule has 0 unspecified atom stereocenters. The third-order valence-corrected chi connectivity index (χ3v) is 5.47. The molecule has 0 saturated carbocycles. The Labute approximate surface area is 163 Å². The first-order valence-corrected chi connectivity index (χ1v) is 9.47. The molecule has 0 spiro atoms. The van der Waals surface area contributed by atoms with Gasteiger partial charge in [-0.1, -0.05) is 23.7 Å². The van der Waals surface area contributed by atoms with Crippen molar-refractivity contribution in [2.24, 2.45) is 7.05 Å². The first-order valence-electron chi connectivity index (χ1n) is 9.09.